The Bertz CT molecular complexity index is 66.7. The van der Waals surface area contributed by atoms with Crippen LogP contribution < -0.4 is 5.73 Å². The van der Waals surface area contributed by atoms with Gasteiger partial charge in [-0.2, -0.15) is 0 Å². The van der Waals surface area contributed by atoms with Crippen molar-refractivity contribution < 1.29 is 0 Å². The zero-order valence-electron chi connectivity index (χ0n) is 5.23. The summed E-state index contributed by atoms with van der Waals surface area (Å²) >= 11 is 0. The van der Waals surface area contributed by atoms with E-state index in [0.29, 0.717) is 0 Å². The van der Waals surface area contributed by atoms with Gasteiger partial charge in [0.25, 0.3) is 0 Å². The van der Waals surface area contributed by atoms with Gasteiger partial charge in [0.15, 0.2) is 0 Å². The minimum atomic E-state index is 0.245. The highest BCUT2D eigenvalue weighted by Crippen LogP contribution is 2.12. The van der Waals surface area contributed by atoms with Gasteiger partial charge < -0.3 is 5.73 Å². The van der Waals surface area contributed by atoms with Crippen LogP contribution in [-0.2, 0) is 0 Å². The molecule has 7 heavy (non-hydrogen) atoms. The van der Waals surface area contributed by atoms with Gasteiger partial charge in [0.2, 0.25) is 0 Å². The van der Waals surface area contributed by atoms with Crippen molar-refractivity contribution in [1.29, 1.82) is 0 Å². The number of hydrogen-bond acceptors (Lipinski definition) is 1. The zero-order chi connectivity index (χ0) is 5.91. The van der Waals surface area contributed by atoms with Crippen LogP contribution in [0.3, 0.4) is 0 Å². The first kappa shape index (κ1) is 6.54. The molecule has 0 atom stereocenters. The van der Waals surface area contributed by atoms with Crippen molar-refractivity contribution in [2.75, 3.05) is 0 Å². The van der Waals surface area contributed by atoms with Crippen molar-refractivity contribution in [3.8, 4) is 0 Å². The van der Waals surface area contributed by atoms with Crippen LogP contribution in [0.15, 0.2) is 12.3 Å². The Morgan fingerprint density at radius 1 is 1.29 bits per heavy atom. The predicted molar refractivity (Wildman–Crippen MR) is 32.8 cm³/mol. The molecule has 0 radical (unpaired) electrons. The lowest BCUT2D eigenvalue weighted by molar-refractivity contribution is 0.543. The third-order valence-corrected chi connectivity index (χ3v) is 0.596. The third-order valence-electron chi connectivity index (χ3n) is 0.596. The lowest BCUT2D eigenvalue weighted by Crippen LogP contribution is -1.99. The highest BCUT2D eigenvalue weighted by Gasteiger charge is 2.01. The Hall–Kier alpha value is -0.460. The Kier molecular flexibility index (Phi) is 1.88. The summed E-state index contributed by atoms with van der Waals surface area (Å²) in [6, 6.07) is 0. The summed E-state index contributed by atoms with van der Waals surface area (Å²) in [5.74, 6) is 0. The molecule has 0 bridgehead atoms. The van der Waals surface area contributed by atoms with Crippen molar-refractivity contribution in [3.63, 3.8) is 0 Å². The third kappa shape index (κ3) is 5.54. The fraction of sp³-hybridized carbons (Fsp3) is 0.667. The summed E-state index contributed by atoms with van der Waals surface area (Å²) in [6.45, 7) is 6.32. The average molecular weight is 99.2 g/mol. The largest absolute Gasteiger partial charge is 0.405 e. The average Bonchev–Trinajstić information content (AvgIpc) is 1.30. The lowest BCUT2D eigenvalue weighted by atomic mass is 9.97. The van der Waals surface area contributed by atoms with Crippen molar-refractivity contribution >= 4 is 0 Å². The molecule has 0 aliphatic heterocycles. The summed E-state index contributed by atoms with van der Waals surface area (Å²) in [7, 11) is 0. The minimum absolute atomic E-state index is 0.245. The second-order valence-electron chi connectivity index (χ2n) is 2.73. The normalized spacial score (nSPS) is 13.0. The van der Waals surface area contributed by atoms with Crippen LogP contribution in [0, 0.1) is 5.41 Å². The smallest absolute Gasteiger partial charge is 0.00977 e. The summed E-state index contributed by atoms with van der Waals surface area (Å²) in [4.78, 5) is 0. The monoisotopic (exact) mass is 99.1 g/mol. The highest BCUT2D eigenvalue weighted by molar-refractivity contribution is 4.88. The zero-order valence-corrected chi connectivity index (χ0v) is 5.23. The first-order chi connectivity index (χ1) is 3.06. The first-order valence-corrected chi connectivity index (χ1v) is 2.46. The van der Waals surface area contributed by atoms with Crippen LogP contribution in [0.25, 0.3) is 0 Å². The highest BCUT2D eigenvalue weighted by atomic mass is 14.5. The van der Waals surface area contributed by atoms with Crippen LogP contribution in [0.5, 0.6) is 0 Å². The van der Waals surface area contributed by atoms with Crippen LogP contribution in [0.2, 0.25) is 0 Å². The topological polar surface area (TPSA) is 26.0 Å². The molecule has 0 spiro atoms. The number of hydrogen-bond donors (Lipinski definition) is 1. The first-order valence-electron chi connectivity index (χ1n) is 2.46. The molecule has 0 aliphatic rings. The summed E-state index contributed by atoms with van der Waals surface area (Å²) in [6.07, 6.45) is 3.55. The van der Waals surface area contributed by atoms with Gasteiger partial charge >= 0.3 is 0 Å². The van der Waals surface area contributed by atoms with Crippen LogP contribution in [0.4, 0.5) is 0 Å². The van der Waals surface area contributed by atoms with Crippen molar-refractivity contribution in [1.82, 2.24) is 0 Å². The fourth-order valence-electron chi connectivity index (χ4n) is 0.289. The van der Waals surface area contributed by atoms with Crippen LogP contribution in [-0.4, -0.2) is 0 Å². The number of rotatable bonds is 0. The molecule has 0 saturated heterocycles. The molecule has 42 valence electrons. The van der Waals surface area contributed by atoms with Crippen LogP contribution in [0.1, 0.15) is 20.8 Å². The summed E-state index contributed by atoms with van der Waals surface area (Å²) in [5, 5.41) is 0. The summed E-state index contributed by atoms with van der Waals surface area (Å²) in [5.41, 5.74) is 5.38. The number of allylic oxidation sites excluding steroid dienone is 1. The van der Waals surface area contributed by atoms with E-state index in [-0.39, 0.29) is 5.41 Å². The predicted octanol–water partition coefficient (Wildman–Crippen LogP) is 1.50. The molecule has 0 unspecified atom stereocenters. The van der Waals surface area contributed by atoms with Gasteiger partial charge in [-0.1, -0.05) is 26.8 Å². The number of nitrogens with two attached hydrogens (primary N) is 1. The van der Waals surface area contributed by atoms with E-state index in [9.17, 15) is 0 Å². The molecule has 0 saturated carbocycles. The molecular weight excluding hydrogens is 86.1 g/mol. The Labute approximate surface area is 45.2 Å². The van der Waals surface area contributed by atoms with E-state index in [1.165, 1.54) is 0 Å². The Morgan fingerprint density at radius 2 is 1.71 bits per heavy atom. The second kappa shape index (κ2) is 2.01. The van der Waals surface area contributed by atoms with Gasteiger partial charge in [-0.3, -0.25) is 0 Å². The van der Waals surface area contributed by atoms with Gasteiger partial charge in [-0.05, 0) is 11.6 Å². The maximum absolute atomic E-state index is 5.13. The lowest BCUT2D eigenvalue weighted by Gasteiger charge is -2.09. The quantitative estimate of drug-likeness (QED) is 0.489. The molecule has 0 aromatic carbocycles. The minimum Gasteiger partial charge on any atom is -0.405 e. The molecule has 0 rings (SSSR count). The van der Waals surface area contributed by atoms with E-state index in [1.807, 2.05) is 6.08 Å². The van der Waals surface area contributed by atoms with Gasteiger partial charge in [-0.25, -0.2) is 0 Å². The van der Waals surface area contributed by atoms with E-state index < -0.39 is 0 Å². The van der Waals surface area contributed by atoms with Crippen molar-refractivity contribution in [2.45, 2.75) is 20.8 Å². The second-order valence-corrected chi connectivity index (χ2v) is 2.73. The van der Waals surface area contributed by atoms with E-state index in [0.717, 1.165) is 0 Å². The van der Waals surface area contributed by atoms with E-state index in [2.05, 4.69) is 20.8 Å². The maximum Gasteiger partial charge on any atom is -0.00977 e. The molecule has 0 heterocycles. The molecule has 0 aromatic heterocycles. The van der Waals surface area contributed by atoms with Crippen LogP contribution >= 0.6 is 0 Å². The molecule has 0 amide bonds. The summed E-state index contributed by atoms with van der Waals surface area (Å²) < 4.78 is 0. The molecule has 0 fully saturated rings. The van der Waals surface area contributed by atoms with E-state index >= 15 is 0 Å². The molecule has 1 heteroatoms. The maximum atomic E-state index is 5.13. The molecular formula is C6H13N. The Balaban J connectivity index is 3.56. The van der Waals surface area contributed by atoms with Gasteiger partial charge in [0.05, 0.1) is 0 Å². The fourth-order valence-corrected chi connectivity index (χ4v) is 0.289. The molecule has 2 N–H and O–H groups in total. The van der Waals surface area contributed by atoms with Gasteiger partial charge in [0.1, 0.15) is 0 Å². The van der Waals surface area contributed by atoms with E-state index in [1.54, 1.807) is 6.20 Å². The van der Waals surface area contributed by atoms with Gasteiger partial charge in [0, 0.05) is 0 Å². The van der Waals surface area contributed by atoms with E-state index in [4.69, 9.17) is 5.73 Å². The molecule has 1 nitrogen and oxygen atoms in total. The SMILES string of the molecule is CC(C)(C)/C=C\N. The van der Waals surface area contributed by atoms with Gasteiger partial charge in [-0.15, -0.1) is 0 Å². The van der Waals surface area contributed by atoms with Crippen molar-refractivity contribution in [2.24, 2.45) is 11.1 Å². The molecule has 0 aromatic rings. The molecule has 0 aliphatic carbocycles. The Morgan fingerprint density at radius 3 is 1.71 bits per heavy atom. The van der Waals surface area contributed by atoms with Crippen molar-refractivity contribution in [3.05, 3.63) is 12.3 Å². The standard InChI is InChI=1S/C6H13N/c1-6(2,3)4-5-7/h4-5H,7H2,1-3H3/b5-4-.